The van der Waals surface area contributed by atoms with Crippen molar-refractivity contribution in [2.75, 3.05) is 18.5 Å². The van der Waals surface area contributed by atoms with Gasteiger partial charge in [-0.2, -0.15) is 4.37 Å². The Morgan fingerprint density at radius 2 is 2.25 bits per heavy atom. The van der Waals surface area contributed by atoms with Crippen LogP contribution >= 0.6 is 11.5 Å². The fourth-order valence-corrected chi connectivity index (χ4v) is 2.35. The highest BCUT2D eigenvalue weighted by atomic mass is 32.1. The Labute approximate surface area is 97.8 Å². The second-order valence-electron chi connectivity index (χ2n) is 3.64. The Bertz CT molecular complexity index is 509. The molecule has 0 aliphatic rings. The number of amides is 1. The lowest BCUT2D eigenvalue weighted by molar-refractivity contribution is -0.117. The number of hydrogen-bond donors (Lipinski definition) is 1. The minimum Gasteiger partial charge on any atom is -0.370 e. The molecule has 0 atom stereocenters. The van der Waals surface area contributed by atoms with E-state index in [1.165, 1.54) is 11.5 Å². The lowest BCUT2D eigenvalue weighted by Crippen LogP contribution is -2.24. The van der Waals surface area contributed by atoms with Crippen molar-refractivity contribution in [1.82, 2.24) is 4.37 Å². The van der Waals surface area contributed by atoms with E-state index >= 15 is 0 Å². The number of carbonyl (C=O) groups is 1. The number of carbonyl (C=O) groups excluding carboxylic acids is 1. The normalized spacial score (nSPS) is 10.6. The minimum absolute atomic E-state index is 0.286. The van der Waals surface area contributed by atoms with Crippen LogP contribution in [0.3, 0.4) is 0 Å². The summed E-state index contributed by atoms with van der Waals surface area (Å²) in [4.78, 5) is 12.7. The lowest BCUT2D eigenvalue weighted by atomic mass is 10.2. The average molecular weight is 235 g/mol. The third kappa shape index (κ3) is 2.14. The SMILES string of the molecule is CN(CCC(N)=O)c1nsc2ccccc12. The third-order valence-electron chi connectivity index (χ3n) is 2.41. The van der Waals surface area contributed by atoms with E-state index in [1.54, 1.807) is 0 Å². The van der Waals surface area contributed by atoms with Crippen LogP contribution in [-0.2, 0) is 4.79 Å². The number of benzene rings is 1. The number of aromatic nitrogens is 1. The first-order valence-corrected chi connectivity index (χ1v) is 5.79. The molecular weight excluding hydrogens is 222 g/mol. The molecule has 4 nitrogen and oxygen atoms in total. The van der Waals surface area contributed by atoms with Crippen molar-refractivity contribution < 1.29 is 4.79 Å². The van der Waals surface area contributed by atoms with E-state index in [0.717, 1.165) is 15.9 Å². The zero-order valence-corrected chi connectivity index (χ0v) is 9.83. The summed E-state index contributed by atoms with van der Waals surface area (Å²) in [5, 5.41) is 1.12. The van der Waals surface area contributed by atoms with Gasteiger partial charge in [0.1, 0.15) is 5.82 Å². The topological polar surface area (TPSA) is 59.2 Å². The van der Waals surface area contributed by atoms with Crippen molar-refractivity contribution in [3.63, 3.8) is 0 Å². The summed E-state index contributed by atoms with van der Waals surface area (Å²) in [6, 6.07) is 8.06. The quantitative estimate of drug-likeness (QED) is 0.875. The van der Waals surface area contributed by atoms with Crippen LogP contribution in [0.2, 0.25) is 0 Å². The lowest BCUT2D eigenvalue weighted by Gasteiger charge is -2.15. The van der Waals surface area contributed by atoms with E-state index in [2.05, 4.69) is 4.37 Å². The predicted molar refractivity (Wildman–Crippen MR) is 66.7 cm³/mol. The molecule has 0 spiro atoms. The molecule has 0 aliphatic carbocycles. The van der Waals surface area contributed by atoms with Gasteiger partial charge < -0.3 is 10.6 Å². The fourth-order valence-electron chi connectivity index (χ4n) is 1.53. The molecule has 2 aromatic rings. The van der Waals surface area contributed by atoms with Gasteiger partial charge in [0, 0.05) is 25.4 Å². The first kappa shape index (κ1) is 10.9. The fraction of sp³-hybridized carbons (Fsp3) is 0.273. The largest absolute Gasteiger partial charge is 0.370 e. The summed E-state index contributed by atoms with van der Waals surface area (Å²) in [6.45, 7) is 0.600. The van der Waals surface area contributed by atoms with Gasteiger partial charge in [-0.1, -0.05) is 12.1 Å². The van der Waals surface area contributed by atoms with Crippen molar-refractivity contribution in [1.29, 1.82) is 0 Å². The van der Waals surface area contributed by atoms with Crippen LogP contribution in [0.4, 0.5) is 5.82 Å². The van der Waals surface area contributed by atoms with Crippen molar-refractivity contribution in [2.24, 2.45) is 5.73 Å². The third-order valence-corrected chi connectivity index (χ3v) is 3.23. The summed E-state index contributed by atoms with van der Waals surface area (Å²) in [7, 11) is 1.92. The van der Waals surface area contributed by atoms with Gasteiger partial charge in [0.25, 0.3) is 0 Å². The van der Waals surface area contributed by atoms with Crippen LogP contribution in [0.25, 0.3) is 10.1 Å². The van der Waals surface area contributed by atoms with Crippen LogP contribution < -0.4 is 10.6 Å². The van der Waals surface area contributed by atoms with Gasteiger partial charge in [0.15, 0.2) is 0 Å². The summed E-state index contributed by atoms with van der Waals surface area (Å²) in [5.74, 6) is 0.633. The predicted octanol–water partition coefficient (Wildman–Crippen LogP) is 1.61. The monoisotopic (exact) mass is 235 g/mol. The Morgan fingerprint density at radius 3 is 3.00 bits per heavy atom. The van der Waals surface area contributed by atoms with Crippen LogP contribution in [-0.4, -0.2) is 23.9 Å². The van der Waals surface area contributed by atoms with Crippen molar-refractivity contribution in [2.45, 2.75) is 6.42 Å². The molecule has 0 saturated heterocycles. The Balaban J connectivity index is 2.22. The second-order valence-corrected chi connectivity index (χ2v) is 4.45. The van der Waals surface area contributed by atoms with Crippen molar-refractivity contribution >= 4 is 33.3 Å². The highest BCUT2D eigenvalue weighted by molar-refractivity contribution is 7.13. The summed E-state index contributed by atoms with van der Waals surface area (Å²) >= 11 is 1.47. The Hall–Kier alpha value is -1.62. The van der Waals surface area contributed by atoms with E-state index in [0.29, 0.717) is 13.0 Å². The molecule has 1 amide bonds. The standard InChI is InChI=1S/C11H13N3OS/c1-14(7-6-10(12)15)11-8-4-2-3-5-9(8)16-13-11/h2-5H,6-7H2,1H3,(H2,12,15). The molecule has 0 saturated carbocycles. The Kier molecular flexibility index (Phi) is 3.05. The molecule has 5 heteroatoms. The minimum atomic E-state index is -0.286. The summed E-state index contributed by atoms with van der Waals surface area (Å²) in [6.07, 6.45) is 0.350. The zero-order valence-electron chi connectivity index (χ0n) is 9.01. The molecule has 2 rings (SSSR count). The number of primary amides is 1. The molecule has 1 heterocycles. The molecule has 0 bridgehead atoms. The molecule has 16 heavy (non-hydrogen) atoms. The van der Waals surface area contributed by atoms with Crippen molar-refractivity contribution in [3.05, 3.63) is 24.3 Å². The number of nitrogens with two attached hydrogens (primary N) is 1. The Morgan fingerprint density at radius 1 is 1.50 bits per heavy atom. The first-order chi connectivity index (χ1) is 7.68. The highest BCUT2D eigenvalue weighted by Crippen LogP contribution is 2.28. The highest BCUT2D eigenvalue weighted by Gasteiger charge is 2.10. The zero-order chi connectivity index (χ0) is 11.5. The van der Waals surface area contributed by atoms with E-state index in [1.807, 2.05) is 36.2 Å². The number of rotatable bonds is 4. The van der Waals surface area contributed by atoms with Crippen LogP contribution in [0, 0.1) is 0 Å². The summed E-state index contributed by atoms with van der Waals surface area (Å²) < 4.78 is 5.54. The van der Waals surface area contributed by atoms with Gasteiger partial charge >= 0.3 is 0 Å². The van der Waals surface area contributed by atoms with E-state index in [9.17, 15) is 4.79 Å². The van der Waals surface area contributed by atoms with Gasteiger partial charge in [-0.05, 0) is 23.7 Å². The maximum absolute atomic E-state index is 10.7. The van der Waals surface area contributed by atoms with Gasteiger partial charge in [-0.3, -0.25) is 4.79 Å². The van der Waals surface area contributed by atoms with E-state index in [4.69, 9.17) is 5.73 Å². The van der Waals surface area contributed by atoms with Gasteiger partial charge in [-0.25, -0.2) is 0 Å². The summed E-state index contributed by atoms with van der Waals surface area (Å²) in [5.41, 5.74) is 5.12. The molecule has 0 unspecified atom stereocenters. The molecule has 0 fully saturated rings. The van der Waals surface area contributed by atoms with E-state index < -0.39 is 0 Å². The number of fused-ring (bicyclic) bond motifs is 1. The smallest absolute Gasteiger partial charge is 0.219 e. The van der Waals surface area contributed by atoms with Crippen LogP contribution in [0.1, 0.15) is 6.42 Å². The number of nitrogens with zero attached hydrogens (tertiary/aromatic N) is 2. The average Bonchev–Trinajstić information content (AvgIpc) is 2.69. The molecule has 1 aromatic heterocycles. The maximum Gasteiger partial charge on any atom is 0.219 e. The van der Waals surface area contributed by atoms with Gasteiger partial charge in [-0.15, -0.1) is 0 Å². The molecule has 1 aromatic carbocycles. The van der Waals surface area contributed by atoms with Gasteiger partial charge in [0.05, 0.1) is 4.70 Å². The van der Waals surface area contributed by atoms with Crippen LogP contribution in [0.5, 0.6) is 0 Å². The maximum atomic E-state index is 10.7. The molecule has 2 N–H and O–H groups in total. The number of hydrogen-bond acceptors (Lipinski definition) is 4. The first-order valence-electron chi connectivity index (χ1n) is 5.02. The molecule has 0 radical (unpaired) electrons. The molecule has 84 valence electrons. The second kappa shape index (κ2) is 4.49. The molecular formula is C11H13N3OS. The van der Waals surface area contributed by atoms with Crippen molar-refractivity contribution in [3.8, 4) is 0 Å². The van der Waals surface area contributed by atoms with Crippen LogP contribution in [0.15, 0.2) is 24.3 Å². The van der Waals surface area contributed by atoms with Gasteiger partial charge in [0.2, 0.25) is 5.91 Å². The number of anilines is 1. The molecule has 0 aliphatic heterocycles. The van der Waals surface area contributed by atoms with E-state index in [-0.39, 0.29) is 5.91 Å².